The molecule has 2 N–H and O–H groups in total. The van der Waals surface area contributed by atoms with Gasteiger partial charge in [0.2, 0.25) is 0 Å². The Balaban J connectivity index is 0.000000557. The van der Waals surface area contributed by atoms with Crippen LogP contribution in [-0.2, 0) is 9.59 Å². The van der Waals surface area contributed by atoms with Crippen molar-refractivity contribution in [2.45, 2.75) is 6.92 Å². The molecule has 0 unspecified atom stereocenters. The maximum atomic E-state index is 10.1. The van der Waals surface area contributed by atoms with Crippen LogP contribution in [0.5, 0.6) is 0 Å². The summed E-state index contributed by atoms with van der Waals surface area (Å²) in [5.74, 6) is -1.77. The molecule has 0 radical (unpaired) electrons. The second-order valence-corrected chi connectivity index (χ2v) is 2.99. The number of rotatable bonds is 3. The SMILES string of the molecule is CC(=O)O.O=C(O)C=CC=Cc1ccccc1. The molecule has 4 nitrogen and oxygen atoms in total. The van der Waals surface area contributed by atoms with E-state index in [1.54, 1.807) is 6.08 Å². The van der Waals surface area contributed by atoms with Crippen molar-refractivity contribution in [3.8, 4) is 0 Å². The molecule has 0 aromatic heterocycles. The molecule has 1 aromatic rings. The number of carboxylic acids is 2. The first kappa shape index (κ1) is 14.6. The summed E-state index contributed by atoms with van der Waals surface area (Å²) >= 11 is 0. The minimum atomic E-state index is -0.933. The van der Waals surface area contributed by atoms with Gasteiger partial charge in [0.15, 0.2) is 0 Å². The standard InChI is InChI=1S/C11H10O2.C2H4O2/c12-11(13)9-5-4-8-10-6-2-1-3-7-10;1-2(3)4/h1-9H,(H,12,13);1H3,(H,3,4). The third-order valence-corrected chi connectivity index (χ3v) is 1.44. The Labute approximate surface area is 99.5 Å². The van der Waals surface area contributed by atoms with Crippen molar-refractivity contribution in [1.82, 2.24) is 0 Å². The van der Waals surface area contributed by atoms with Gasteiger partial charge in [-0.1, -0.05) is 48.6 Å². The molecule has 0 aliphatic carbocycles. The second kappa shape index (κ2) is 8.91. The normalized spacial score (nSPS) is 9.94. The fourth-order valence-electron chi connectivity index (χ4n) is 0.869. The molecule has 17 heavy (non-hydrogen) atoms. The monoisotopic (exact) mass is 234 g/mol. The third-order valence-electron chi connectivity index (χ3n) is 1.44. The molecule has 0 spiro atoms. The van der Waals surface area contributed by atoms with E-state index in [0.717, 1.165) is 18.6 Å². The van der Waals surface area contributed by atoms with E-state index in [2.05, 4.69) is 0 Å². The predicted molar refractivity (Wildman–Crippen MR) is 65.6 cm³/mol. The van der Waals surface area contributed by atoms with Crippen molar-refractivity contribution in [2.24, 2.45) is 0 Å². The lowest BCUT2D eigenvalue weighted by atomic mass is 10.2. The molecule has 4 heteroatoms. The summed E-state index contributed by atoms with van der Waals surface area (Å²) in [6, 6.07) is 9.70. The first-order chi connectivity index (χ1) is 8.02. The molecule has 0 bridgehead atoms. The van der Waals surface area contributed by atoms with Crippen LogP contribution >= 0.6 is 0 Å². The van der Waals surface area contributed by atoms with Gasteiger partial charge in [-0.2, -0.15) is 0 Å². The van der Waals surface area contributed by atoms with Gasteiger partial charge in [-0.15, -0.1) is 0 Å². The van der Waals surface area contributed by atoms with Crippen LogP contribution in [0.3, 0.4) is 0 Å². The fourth-order valence-corrected chi connectivity index (χ4v) is 0.869. The van der Waals surface area contributed by atoms with Crippen LogP contribution in [0, 0.1) is 0 Å². The number of carboxylic acid groups (broad SMARTS) is 2. The Morgan fingerprint density at radius 1 is 1.06 bits per heavy atom. The summed E-state index contributed by atoms with van der Waals surface area (Å²) in [4.78, 5) is 19.1. The Bertz CT molecular complexity index is 401. The van der Waals surface area contributed by atoms with Gasteiger partial charge in [-0.05, 0) is 5.56 Å². The molecule has 1 aromatic carbocycles. The van der Waals surface area contributed by atoms with Gasteiger partial charge in [-0.25, -0.2) is 4.79 Å². The van der Waals surface area contributed by atoms with Crippen molar-refractivity contribution >= 4 is 18.0 Å². The minimum Gasteiger partial charge on any atom is -0.481 e. The van der Waals surface area contributed by atoms with Gasteiger partial charge in [-0.3, -0.25) is 4.79 Å². The smallest absolute Gasteiger partial charge is 0.328 e. The van der Waals surface area contributed by atoms with Crippen LogP contribution in [0.2, 0.25) is 0 Å². The van der Waals surface area contributed by atoms with Crippen LogP contribution in [0.1, 0.15) is 12.5 Å². The number of hydrogen-bond acceptors (Lipinski definition) is 2. The first-order valence-corrected chi connectivity index (χ1v) is 4.84. The second-order valence-electron chi connectivity index (χ2n) is 2.99. The highest BCUT2D eigenvalue weighted by Gasteiger charge is 1.82. The molecule has 0 atom stereocenters. The van der Waals surface area contributed by atoms with Gasteiger partial charge in [0.05, 0.1) is 0 Å². The molecule has 90 valence electrons. The van der Waals surface area contributed by atoms with Crippen LogP contribution in [0.15, 0.2) is 48.6 Å². The average Bonchev–Trinajstić information content (AvgIpc) is 2.25. The average molecular weight is 234 g/mol. The van der Waals surface area contributed by atoms with Crippen molar-refractivity contribution in [1.29, 1.82) is 0 Å². The lowest BCUT2D eigenvalue weighted by Gasteiger charge is -1.87. The van der Waals surface area contributed by atoms with Gasteiger partial charge in [0.1, 0.15) is 0 Å². The van der Waals surface area contributed by atoms with Crippen LogP contribution in [-0.4, -0.2) is 22.2 Å². The van der Waals surface area contributed by atoms with E-state index in [1.807, 2.05) is 36.4 Å². The number of carbonyl (C=O) groups is 2. The molecule has 0 amide bonds. The van der Waals surface area contributed by atoms with E-state index in [-0.39, 0.29) is 0 Å². The molecule has 0 saturated heterocycles. The Hall–Kier alpha value is -2.36. The number of benzene rings is 1. The quantitative estimate of drug-likeness (QED) is 0.622. The van der Waals surface area contributed by atoms with Crippen LogP contribution in [0.25, 0.3) is 6.08 Å². The highest BCUT2D eigenvalue weighted by atomic mass is 16.4. The highest BCUT2D eigenvalue weighted by molar-refractivity contribution is 5.80. The largest absolute Gasteiger partial charge is 0.481 e. The van der Waals surface area contributed by atoms with Crippen LogP contribution in [0.4, 0.5) is 0 Å². The lowest BCUT2D eigenvalue weighted by Crippen LogP contribution is -1.84. The van der Waals surface area contributed by atoms with Crippen LogP contribution < -0.4 is 0 Å². The summed E-state index contributed by atoms with van der Waals surface area (Å²) in [5, 5.41) is 15.7. The predicted octanol–water partition coefficient (Wildman–Crippen LogP) is 2.43. The zero-order chi connectivity index (χ0) is 13.1. The van der Waals surface area contributed by atoms with E-state index >= 15 is 0 Å². The van der Waals surface area contributed by atoms with Crippen molar-refractivity contribution < 1.29 is 19.8 Å². The minimum absolute atomic E-state index is 0.833. The lowest BCUT2D eigenvalue weighted by molar-refractivity contribution is -0.134. The molecule has 0 aliphatic rings. The maximum absolute atomic E-state index is 10.1. The number of hydrogen-bond donors (Lipinski definition) is 2. The van der Waals surface area contributed by atoms with Gasteiger partial charge in [0, 0.05) is 13.0 Å². The van der Waals surface area contributed by atoms with Gasteiger partial charge in [0.25, 0.3) is 5.97 Å². The Morgan fingerprint density at radius 3 is 2.06 bits per heavy atom. The number of aliphatic carboxylic acids is 2. The molecular weight excluding hydrogens is 220 g/mol. The molecule has 0 fully saturated rings. The Morgan fingerprint density at radius 2 is 1.59 bits per heavy atom. The molecule has 0 heterocycles. The summed E-state index contributed by atoms with van der Waals surface area (Å²) in [6.45, 7) is 1.08. The van der Waals surface area contributed by atoms with E-state index in [0.29, 0.717) is 0 Å². The van der Waals surface area contributed by atoms with E-state index < -0.39 is 11.9 Å². The molecule has 0 saturated carbocycles. The molecular formula is C13H14O4. The summed E-state index contributed by atoms with van der Waals surface area (Å²) in [6.07, 6.45) is 6.14. The fraction of sp³-hybridized carbons (Fsp3) is 0.0769. The van der Waals surface area contributed by atoms with Gasteiger partial charge < -0.3 is 10.2 Å². The third kappa shape index (κ3) is 11.6. The summed E-state index contributed by atoms with van der Waals surface area (Å²) < 4.78 is 0. The van der Waals surface area contributed by atoms with Crippen molar-refractivity contribution in [2.75, 3.05) is 0 Å². The van der Waals surface area contributed by atoms with E-state index in [4.69, 9.17) is 15.0 Å². The number of allylic oxidation sites excluding steroid dienone is 2. The molecule has 1 rings (SSSR count). The highest BCUT2D eigenvalue weighted by Crippen LogP contribution is 2.00. The van der Waals surface area contributed by atoms with Crippen molar-refractivity contribution in [3.63, 3.8) is 0 Å². The maximum Gasteiger partial charge on any atom is 0.328 e. The first-order valence-electron chi connectivity index (χ1n) is 4.84. The summed E-state index contributed by atoms with van der Waals surface area (Å²) in [5.41, 5.74) is 1.05. The van der Waals surface area contributed by atoms with Crippen molar-refractivity contribution in [3.05, 3.63) is 54.1 Å². The summed E-state index contributed by atoms with van der Waals surface area (Å²) in [7, 11) is 0. The van der Waals surface area contributed by atoms with E-state index in [9.17, 15) is 4.79 Å². The zero-order valence-corrected chi connectivity index (χ0v) is 9.41. The molecule has 0 aliphatic heterocycles. The topological polar surface area (TPSA) is 74.6 Å². The zero-order valence-electron chi connectivity index (χ0n) is 9.41. The Kier molecular flexibility index (Phi) is 7.67. The van der Waals surface area contributed by atoms with Gasteiger partial charge >= 0.3 is 5.97 Å². The van der Waals surface area contributed by atoms with E-state index in [1.165, 1.54) is 6.08 Å².